The van der Waals surface area contributed by atoms with Crippen molar-refractivity contribution >= 4 is 16.4 Å². The van der Waals surface area contributed by atoms with Gasteiger partial charge in [-0.25, -0.2) is 12.8 Å². The van der Waals surface area contributed by atoms with E-state index in [-0.39, 0.29) is 11.3 Å². The van der Waals surface area contributed by atoms with Crippen molar-refractivity contribution in [1.29, 1.82) is 0 Å². The zero-order valence-electron chi connectivity index (χ0n) is 12.1. The van der Waals surface area contributed by atoms with Crippen LogP contribution < -0.4 is 4.90 Å². The molecule has 118 valence electrons. The molecule has 1 aliphatic heterocycles. The van der Waals surface area contributed by atoms with E-state index in [0.717, 1.165) is 32.7 Å². The lowest BCUT2D eigenvalue weighted by molar-refractivity contribution is 0.144. The van der Waals surface area contributed by atoms with Gasteiger partial charge in [-0.3, -0.25) is 4.90 Å². The van der Waals surface area contributed by atoms with Crippen LogP contribution in [0.2, 0.25) is 0 Å². The number of hydrogen-bond acceptors (Lipinski definition) is 5. The minimum absolute atomic E-state index is 0.241. The van der Waals surface area contributed by atoms with Crippen LogP contribution in [-0.2, 0) is 21.2 Å². The highest BCUT2D eigenvalue weighted by Gasteiger charge is 2.20. The quantitative estimate of drug-likeness (QED) is 0.783. The minimum atomic E-state index is -2.62. The summed E-state index contributed by atoms with van der Waals surface area (Å²) in [6.07, 6.45) is 0. The Balaban J connectivity index is 2.03. The van der Waals surface area contributed by atoms with Crippen molar-refractivity contribution in [3.8, 4) is 0 Å². The summed E-state index contributed by atoms with van der Waals surface area (Å²) in [7, 11) is -0.939. The Morgan fingerprint density at radius 2 is 1.95 bits per heavy atom. The predicted octanol–water partition coefficient (Wildman–Crippen LogP) is 0.705. The van der Waals surface area contributed by atoms with Gasteiger partial charge < -0.3 is 9.64 Å². The summed E-state index contributed by atoms with van der Waals surface area (Å²) >= 11 is 0. The Labute approximate surface area is 126 Å². The van der Waals surface area contributed by atoms with Crippen LogP contribution in [0.1, 0.15) is 5.56 Å². The number of rotatable bonds is 6. The Kier molecular flexibility index (Phi) is 5.96. The molecule has 0 aromatic heterocycles. The number of ether oxygens (including phenoxy) is 1. The SMILES string of the molecule is COCCN1CCN(c2cccc(C[SH](=O)=O)c2F)CC1. The molecule has 21 heavy (non-hydrogen) atoms. The normalized spacial score (nSPS) is 16.6. The first-order valence-electron chi connectivity index (χ1n) is 6.97. The van der Waals surface area contributed by atoms with Crippen molar-refractivity contribution in [2.45, 2.75) is 5.75 Å². The lowest BCUT2D eigenvalue weighted by Crippen LogP contribution is -2.47. The maximum absolute atomic E-state index is 14.4. The molecule has 0 N–H and O–H groups in total. The number of hydrogen-bond donors (Lipinski definition) is 1. The zero-order chi connectivity index (χ0) is 15.2. The molecule has 0 unspecified atom stereocenters. The van der Waals surface area contributed by atoms with Crippen molar-refractivity contribution in [2.24, 2.45) is 0 Å². The van der Waals surface area contributed by atoms with Crippen molar-refractivity contribution in [2.75, 3.05) is 51.3 Å². The molecule has 0 spiro atoms. The largest absolute Gasteiger partial charge is 0.383 e. The Hall–Kier alpha value is -1.18. The molecule has 2 rings (SSSR count). The first-order chi connectivity index (χ1) is 10.1. The summed E-state index contributed by atoms with van der Waals surface area (Å²) in [6.45, 7) is 4.73. The van der Waals surface area contributed by atoms with E-state index in [1.165, 1.54) is 6.07 Å². The fraction of sp³-hybridized carbons (Fsp3) is 0.571. The molecular formula is C14H21FN2O3S. The summed E-state index contributed by atoms with van der Waals surface area (Å²) in [5.41, 5.74) is 0.737. The number of thiol groups is 1. The van der Waals surface area contributed by atoms with Gasteiger partial charge in [0.2, 0.25) is 0 Å². The van der Waals surface area contributed by atoms with E-state index in [0.29, 0.717) is 12.3 Å². The van der Waals surface area contributed by atoms with Crippen LogP contribution in [0.5, 0.6) is 0 Å². The van der Waals surface area contributed by atoms with Crippen molar-refractivity contribution < 1.29 is 17.5 Å². The maximum Gasteiger partial charge on any atom is 0.150 e. The topological polar surface area (TPSA) is 49.9 Å². The van der Waals surface area contributed by atoms with Crippen molar-refractivity contribution in [1.82, 2.24) is 4.90 Å². The molecule has 1 aliphatic rings. The summed E-state index contributed by atoms with van der Waals surface area (Å²) < 4.78 is 41.0. The van der Waals surface area contributed by atoms with Gasteiger partial charge in [0, 0.05) is 45.4 Å². The summed E-state index contributed by atoms with van der Waals surface area (Å²) in [4.78, 5) is 4.25. The third kappa shape index (κ3) is 4.39. The van der Waals surface area contributed by atoms with E-state index in [4.69, 9.17) is 4.74 Å². The zero-order valence-corrected chi connectivity index (χ0v) is 13.0. The van der Waals surface area contributed by atoms with Gasteiger partial charge in [-0.1, -0.05) is 12.1 Å². The lowest BCUT2D eigenvalue weighted by Gasteiger charge is -2.36. The van der Waals surface area contributed by atoms with Crippen LogP contribution >= 0.6 is 0 Å². The maximum atomic E-state index is 14.4. The Morgan fingerprint density at radius 3 is 2.57 bits per heavy atom. The third-order valence-electron chi connectivity index (χ3n) is 3.68. The van der Waals surface area contributed by atoms with Crippen LogP contribution in [-0.4, -0.2) is 59.8 Å². The second-order valence-electron chi connectivity index (χ2n) is 5.06. The van der Waals surface area contributed by atoms with E-state index >= 15 is 0 Å². The molecule has 1 saturated heterocycles. The van der Waals surface area contributed by atoms with Crippen molar-refractivity contribution in [3.05, 3.63) is 29.6 Å². The molecule has 0 radical (unpaired) electrons. The number of anilines is 1. The molecule has 5 nitrogen and oxygen atoms in total. The number of methoxy groups -OCH3 is 1. The molecule has 0 amide bonds. The molecule has 0 saturated carbocycles. The van der Waals surface area contributed by atoms with Gasteiger partial charge >= 0.3 is 0 Å². The summed E-state index contributed by atoms with van der Waals surface area (Å²) in [5, 5.41) is 0. The molecule has 0 atom stereocenters. The average molecular weight is 316 g/mol. The molecule has 0 bridgehead atoms. The van der Waals surface area contributed by atoms with Crippen LogP contribution in [0.25, 0.3) is 0 Å². The Morgan fingerprint density at radius 1 is 1.24 bits per heavy atom. The predicted molar refractivity (Wildman–Crippen MR) is 80.9 cm³/mol. The van der Waals surface area contributed by atoms with Crippen LogP contribution in [0.15, 0.2) is 18.2 Å². The van der Waals surface area contributed by atoms with Gasteiger partial charge in [0.15, 0.2) is 5.82 Å². The summed E-state index contributed by atoms with van der Waals surface area (Å²) in [6, 6.07) is 4.95. The highest BCUT2D eigenvalue weighted by molar-refractivity contribution is 7.71. The highest BCUT2D eigenvalue weighted by Crippen LogP contribution is 2.24. The first kappa shape index (κ1) is 16.2. The first-order valence-corrected chi connectivity index (χ1v) is 8.33. The van der Waals surface area contributed by atoms with Gasteiger partial charge in [0.25, 0.3) is 0 Å². The van der Waals surface area contributed by atoms with Crippen LogP contribution in [0, 0.1) is 5.82 Å². The van der Waals surface area contributed by atoms with Crippen LogP contribution in [0.3, 0.4) is 0 Å². The number of piperazine rings is 1. The van der Waals surface area contributed by atoms with Gasteiger partial charge in [0.1, 0.15) is 10.7 Å². The fourth-order valence-corrected chi connectivity index (χ4v) is 3.03. The fourth-order valence-electron chi connectivity index (χ4n) is 2.50. The molecule has 7 heteroatoms. The van der Waals surface area contributed by atoms with E-state index < -0.39 is 16.5 Å². The Bertz CT molecular complexity index is 535. The van der Waals surface area contributed by atoms with Crippen LogP contribution in [0.4, 0.5) is 10.1 Å². The minimum Gasteiger partial charge on any atom is -0.383 e. The van der Waals surface area contributed by atoms with Gasteiger partial charge in [-0.05, 0) is 6.07 Å². The number of nitrogens with zero attached hydrogens (tertiary/aromatic N) is 2. The van der Waals surface area contributed by atoms with E-state index in [1.54, 1.807) is 19.2 Å². The molecule has 0 aliphatic carbocycles. The lowest BCUT2D eigenvalue weighted by atomic mass is 10.1. The second kappa shape index (κ2) is 7.72. The number of halogens is 1. The molecule has 1 fully saturated rings. The third-order valence-corrected chi connectivity index (χ3v) is 4.28. The second-order valence-corrected chi connectivity index (χ2v) is 6.04. The van der Waals surface area contributed by atoms with Gasteiger partial charge in [-0.2, -0.15) is 0 Å². The average Bonchev–Trinajstić information content (AvgIpc) is 2.47. The smallest absolute Gasteiger partial charge is 0.150 e. The number of benzene rings is 1. The van der Waals surface area contributed by atoms with E-state index in [2.05, 4.69) is 4.90 Å². The standard InChI is InChI=1S/C14H21FN2O3S/c1-20-10-9-16-5-7-17(8-6-16)13-4-2-3-12(14(13)15)11-21(18)19/h2-4,21H,5-11H2,1H3. The summed E-state index contributed by atoms with van der Waals surface area (Å²) in [5.74, 6) is -0.662. The van der Waals surface area contributed by atoms with Crippen molar-refractivity contribution in [3.63, 3.8) is 0 Å². The van der Waals surface area contributed by atoms with E-state index in [9.17, 15) is 12.8 Å². The van der Waals surface area contributed by atoms with Gasteiger partial charge in [0.05, 0.1) is 18.0 Å². The molecule has 1 aromatic rings. The monoisotopic (exact) mass is 316 g/mol. The van der Waals surface area contributed by atoms with E-state index in [1.807, 2.05) is 4.90 Å². The molecular weight excluding hydrogens is 295 g/mol. The van der Waals surface area contributed by atoms with Gasteiger partial charge in [-0.15, -0.1) is 0 Å². The molecule has 1 heterocycles. The molecule has 1 aromatic carbocycles. The highest BCUT2D eigenvalue weighted by atomic mass is 32.2.